The molecule has 3 heterocycles. The lowest BCUT2D eigenvalue weighted by Gasteiger charge is -2.42. The van der Waals surface area contributed by atoms with Crippen molar-refractivity contribution in [3.8, 4) is 11.6 Å². The summed E-state index contributed by atoms with van der Waals surface area (Å²) in [5.41, 5.74) is 0.921. The molecular formula is C22H27FN4O2. The minimum atomic E-state index is -0.342. The van der Waals surface area contributed by atoms with E-state index in [9.17, 15) is 9.18 Å². The Morgan fingerprint density at radius 3 is 2.76 bits per heavy atom. The number of aromatic nitrogens is 2. The third kappa shape index (κ3) is 4.90. The van der Waals surface area contributed by atoms with E-state index in [1.807, 2.05) is 11.1 Å². The summed E-state index contributed by atoms with van der Waals surface area (Å²) in [6.45, 7) is 5.38. The average molecular weight is 398 g/mol. The van der Waals surface area contributed by atoms with Crippen LogP contribution in [0.1, 0.15) is 44.2 Å². The lowest BCUT2D eigenvalue weighted by molar-refractivity contribution is -0.130. The van der Waals surface area contributed by atoms with Gasteiger partial charge in [0.2, 0.25) is 11.8 Å². The smallest absolute Gasteiger partial charge is 0.238 e. The monoisotopic (exact) mass is 398 g/mol. The van der Waals surface area contributed by atoms with Crippen molar-refractivity contribution < 1.29 is 13.9 Å². The van der Waals surface area contributed by atoms with Gasteiger partial charge in [-0.15, -0.1) is 0 Å². The van der Waals surface area contributed by atoms with Crippen LogP contribution in [0.3, 0.4) is 0 Å². The van der Waals surface area contributed by atoms with Gasteiger partial charge in [0, 0.05) is 50.8 Å². The number of carbonyl (C=O) groups excluding carboxylic acids is 1. The van der Waals surface area contributed by atoms with Crippen molar-refractivity contribution in [1.29, 1.82) is 0 Å². The first-order valence-electron chi connectivity index (χ1n) is 10.3. The highest BCUT2D eigenvalue weighted by Gasteiger charge is 2.30. The first-order valence-corrected chi connectivity index (χ1v) is 10.3. The van der Waals surface area contributed by atoms with E-state index in [1.54, 1.807) is 25.3 Å². The van der Waals surface area contributed by atoms with E-state index >= 15 is 0 Å². The molecule has 6 nitrogen and oxygen atoms in total. The van der Waals surface area contributed by atoms with Gasteiger partial charge in [0.15, 0.2) is 0 Å². The molecule has 0 spiro atoms. The van der Waals surface area contributed by atoms with Gasteiger partial charge in [-0.1, -0.05) is 6.07 Å². The molecule has 1 unspecified atom stereocenters. The molecule has 154 valence electrons. The minimum Gasteiger partial charge on any atom is -0.437 e. The van der Waals surface area contributed by atoms with Gasteiger partial charge in [0.1, 0.15) is 11.6 Å². The Morgan fingerprint density at radius 2 is 2.00 bits per heavy atom. The molecule has 2 fully saturated rings. The summed E-state index contributed by atoms with van der Waals surface area (Å²) >= 11 is 0. The number of amides is 1. The SMILES string of the molecule is CC(=O)N1CCC(N2CCCC(c3cncc(Oc4cccc(F)c4)n3)C2)CC1. The topological polar surface area (TPSA) is 58.6 Å². The number of likely N-dealkylation sites (tertiary alicyclic amines) is 2. The predicted molar refractivity (Wildman–Crippen MR) is 107 cm³/mol. The lowest BCUT2D eigenvalue weighted by Crippen LogP contribution is -2.49. The standard InChI is InChI=1S/C22H27FN4O2/c1-16(28)26-10-7-19(8-11-26)27-9-3-4-17(15-27)21-13-24-14-22(25-21)29-20-6-2-5-18(23)12-20/h2,5-6,12-14,17,19H,3-4,7-11,15H2,1H3. The van der Waals surface area contributed by atoms with E-state index in [0.29, 0.717) is 23.6 Å². The molecule has 0 aliphatic carbocycles. The number of hydrogen-bond acceptors (Lipinski definition) is 5. The van der Waals surface area contributed by atoms with Crippen molar-refractivity contribution in [2.45, 2.75) is 44.6 Å². The first-order chi connectivity index (χ1) is 14.1. The summed E-state index contributed by atoms with van der Waals surface area (Å²) in [7, 11) is 0. The third-order valence-corrected chi connectivity index (χ3v) is 5.95. The van der Waals surface area contributed by atoms with Crippen LogP contribution in [0.5, 0.6) is 11.6 Å². The van der Waals surface area contributed by atoms with E-state index in [0.717, 1.165) is 57.6 Å². The van der Waals surface area contributed by atoms with E-state index < -0.39 is 0 Å². The van der Waals surface area contributed by atoms with Gasteiger partial charge in [0.25, 0.3) is 0 Å². The van der Waals surface area contributed by atoms with Crippen LogP contribution in [0, 0.1) is 5.82 Å². The summed E-state index contributed by atoms with van der Waals surface area (Å²) in [4.78, 5) is 25.0. The summed E-state index contributed by atoms with van der Waals surface area (Å²) < 4.78 is 19.1. The van der Waals surface area contributed by atoms with Crippen LogP contribution >= 0.6 is 0 Å². The maximum Gasteiger partial charge on any atom is 0.238 e. The van der Waals surface area contributed by atoms with Crippen molar-refractivity contribution >= 4 is 5.91 Å². The summed E-state index contributed by atoms with van der Waals surface area (Å²) in [5.74, 6) is 0.938. The number of carbonyl (C=O) groups is 1. The van der Waals surface area contributed by atoms with E-state index in [2.05, 4.69) is 14.9 Å². The zero-order valence-electron chi connectivity index (χ0n) is 16.8. The Labute approximate surface area is 170 Å². The van der Waals surface area contributed by atoms with Gasteiger partial charge in [-0.2, -0.15) is 0 Å². The molecule has 1 atom stereocenters. The molecule has 1 aromatic carbocycles. The number of benzene rings is 1. The van der Waals surface area contributed by atoms with Gasteiger partial charge in [-0.05, 0) is 44.4 Å². The van der Waals surface area contributed by atoms with Crippen molar-refractivity contribution in [2.75, 3.05) is 26.2 Å². The largest absolute Gasteiger partial charge is 0.437 e. The summed E-state index contributed by atoms with van der Waals surface area (Å²) in [5, 5.41) is 0. The second-order valence-electron chi connectivity index (χ2n) is 7.91. The fourth-order valence-corrected chi connectivity index (χ4v) is 4.38. The van der Waals surface area contributed by atoms with Gasteiger partial charge in [-0.3, -0.25) is 14.7 Å². The van der Waals surface area contributed by atoms with Crippen molar-refractivity contribution in [3.05, 3.63) is 48.2 Å². The predicted octanol–water partition coefficient (Wildman–Crippen LogP) is 3.60. The van der Waals surface area contributed by atoms with Crippen LogP contribution in [0.15, 0.2) is 36.7 Å². The molecule has 2 aromatic rings. The number of piperidine rings is 2. The quantitative estimate of drug-likeness (QED) is 0.788. The van der Waals surface area contributed by atoms with Crippen molar-refractivity contribution in [2.24, 2.45) is 0 Å². The van der Waals surface area contributed by atoms with Crippen LogP contribution in [-0.2, 0) is 4.79 Å². The van der Waals surface area contributed by atoms with Gasteiger partial charge in [-0.25, -0.2) is 9.37 Å². The zero-order valence-corrected chi connectivity index (χ0v) is 16.8. The minimum absolute atomic E-state index is 0.172. The normalized spacial score (nSPS) is 21.2. The van der Waals surface area contributed by atoms with Crippen LogP contribution in [-0.4, -0.2) is 57.9 Å². The Morgan fingerprint density at radius 1 is 1.17 bits per heavy atom. The fraction of sp³-hybridized carbons (Fsp3) is 0.500. The number of ether oxygens (including phenoxy) is 1. The number of nitrogens with zero attached hydrogens (tertiary/aromatic N) is 4. The molecule has 0 saturated carbocycles. The average Bonchev–Trinajstić information content (AvgIpc) is 2.74. The van der Waals surface area contributed by atoms with Crippen LogP contribution < -0.4 is 4.74 Å². The summed E-state index contributed by atoms with van der Waals surface area (Å²) in [6.07, 6.45) is 7.62. The van der Waals surface area contributed by atoms with Gasteiger partial charge < -0.3 is 9.64 Å². The Bertz CT molecular complexity index is 854. The Kier molecular flexibility index (Phi) is 6.04. The molecule has 0 radical (unpaired) electrons. The molecule has 2 aliphatic heterocycles. The fourth-order valence-electron chi connectivity index (χ4n) is 4.38. The molecule has 0 N–H and O–H groups in total. The van der Waals surface area contributed by atoms with Gasteiger partial charge >= 0.3 is 0 Å². The molecule has 1 amide bonds. The molecule has 7 heteroatoms. The van der Waals surface area contributed by atoms with E-state index in [4.69, 9.17) is 4.74 Å². The second kappa shape index (κ2) is 8.86. The van der Waals surface area contributed by atoms with E-state index in [-0.39, 0.29) is 11.7 Å². The van der Waals surface area contributed by atoms with E-state index in [1.165, 1.54) is 12.1 Å². The lowest BCUT2D eigenvalue weighted by atomic mass is 9.92. The zero-order chi connectivity index (χ0) is 20.2. The molecule has 2 saturated heterocycles. The summed E-state index contributed by atoms with van der Waals surface area (Å²) in [6, 6.07) is 6.55. The highest BCUT2D eigenvalue weighted by Crippen LogP contribution is 2.30. The first kappa shape index (κ1) is 19.8. The van der Waals surface area contributed by atoms with Gasteiger partial charge in [0.05, 0.1) is 11.9 Å². The third-order valence-electron chi connectivity index (χ3n) is 5.95. The highest BCUT2D eigenvalue weighted by molar-refractivity contribution is 5.73. The molecule has 1 aromatic heterocycles. The molecule has 0 bridgehead atoms. The maximum atomic E-state index is 13.4. The van der Waals surface area contributed by atoms with Crippen LogP contribution in [0.2, 0.25) is 0 Å². The van der Waals surface area contributed by atoms with Crippen molar-refractivity contribution in [1.82, 2.24) is 19.8 Å². The molecular weight excluding hydrogens is 371 g/mol. The van der Waals surface area contributed by atoms with Crippen LogP contribution in [0.25, 0.3) is 0 Å². The number of hydrogen-bond donors (Lipinski definition) is 0. The Hall–Kier alpha value is -2.54. The molecule has 4 rings (SSSR count). The number of rotatable bonds is 4. The highest BCUT2D eigenvalue weighted by atomic mass is 19.1. The van der Waals surface area contributed by atoms with Crippen LogP contribution in [0.4, 0.5) is 4.39 Å². The maximum absolute atomic E-state index is 13.4. The van der Waals surface area contributed by atoms with Crippen molar-refractivity contribution in [3.63, 3.8) is 0 Å². The Balaban J connectivity index is 1.40. The number of halogens is 1. The molecule has 29 heavy (non-hydrogen) atoms. The molecule has 2 aliphatic rings. The second-order valence-corrected chi connectivity index (χ2v) is 7.91.